The van der Waals surface area contributed by atoms with Crippen molar-refractivity contribution in [1.29, 1.82) is 0 Å². The molecule has 0 aliphatic carbocycles. The van der Waals surface area contributed by atoms with Gasteiger partial charge in [-0.1, -0.05) is 62.7 Å². The van der Waals surface area contributed by atoms with Gasteiger partial charge in [-0.2, -0.15) is 0 Å². The smallest absolute Gasteiger partial charge is 0.223 e. The molecule has 5 nitrogen and oxygen atoms in total. The number of rotatable bonds is 12. The van der Waals surface area contributed by atoms with E-state index in [0.717, 1.165) is 67.5 Å². The summed E-state index contributed by atoms with van der Waals surface area (Å²) in [6.07, 6.45) is 5.54. The Balaban J connectivity index is 1.57. The van der Waals surface area contributed by atoms with E-state index < -0.39 is 0 Å². The number of amides is 1. The highest BCUT2D eigenvalue weighted by molar-refractivity contribution is 5.96. The fraction of sp³-hybridized carbons (Fsp3) is 0.423. The topological polar surface area (TPSA) is 64.0 Å². The molecule has 1 heterocycles. The molecular formula is C26H33N3O2. The van der Waals surface area contributed by atoms with Crippen LogP contribution < -0.4 is 5.32 Å². The van der Waals surface area contributed by atoms with Crippen LogP contribution in [-0.2, 0) is 17.8 Å². The van der Waals surface area contributed by atoms with Gasteiger partial charge in [-0.25, -0.2) is 4.98 Å². The summed E-state index contributed by atoms with van der Waals surface area (Å²) in [5.74, 6) is 1.34. The van der Waals surface area contributed by atoms with E-state index >= 15 is 0 Å². The average molecular weight is 420 g/mol. The van der Waals surface area contributed by atoms with Crippen LogP contribution in [-0.4, -0.2) is 27.8 Å². The first-order chi connectivity index (χ1) is 15.1. The summed E-state index contributed by atoms with van der Waals surface area (Å²) in [5, 5.41) is 3.06. The van der Waals surface area contributed by atoms with Crippen LogP contribution in [0.4, 0.5) is 0 Å². The maximum atomic E-state index is 12.8. The number of nitrogens with zero attached hydrogens (tertiary/aromatic N) is 2. The lowest BCUT2D eigenvalue weighted by molar-refractivity contribution is -0.125. The molecule has 3 rings (SSSR count). The number of benzene rings is 2. The molecule has 0 radical (unpaired) electrons. The molecule has 0 atom stereocenters. The van der Waals surface area contributed by atoms with Crippen molar-refractivity contribution in [3.8, 4) is 0 Å². The van der Waals surface area contributed by atoms with Crippen molar-refractivity contribution in [1.82, 2.24) is 14.9 Å². The first-order valence-electron chi connectivity index (χ1n) is 11.4. The molecule has 164 valence electrons. The van der Waals surface area contributed by atoms with Gasteiger partial charge in [-0.05, 0) is 37.8 Å². The molecule has 0 fully saturated rings. The molecule has 3 aromatic rings. The molecule has 0 aliphatic heterocycles. The molecular weight excluding hydrogens is 386 g/mol. The third-order valence-corrected chi connectivity index (χ3v) is 5.86. The molecule has 0 spiro atoms. The molecule has 1 aromatic heterocycles. The van der Waals surface area contributed by atoms with Gasteiger partial charge in [0.2, 0.25) is 5.91 Å². The third-order valence-electron chi connectivity index (χ3n) is 5.86. The summed E-state index contributed by atoms with van der Waals surface area (Å²) in [4.78, 5) is 29.7. The highest BCUT2D eigenvalue weighted by Crippen LogP contribution is 2.19. The van der Waals surface area contributed by atoms with Gasteiger partial charge in [0, 0.05) is 24.4 Å². The zero-order chi connectivity index (χ0) is 22.1. The van der Waals surface area contributed by atoms with Crippen LogP contribution in [0.1, 0.15) is 62.1 Å². The summed E-state index contributed by atoms with van der Waals surface area (Å²) >= 11 is 0. The first-order valence-corrected chi connectivity index (χ1v) is 11.4. The number of unbranched alkanes of at least 4 members (excludes halogenated alkanes) is 2. The summed E-state index contributed by atoms with van der Waals surface area (Å²) in [7, 11) is 0. The highest BCUT2D eigenvalue weighted by atomic mass is 16.1. The zero-order valence-electron chi connectivity index (χ0n) is 18.6. The molecule has 0 bridgehead atoms. The van der Waals surface area contributed by atoms with Crippen LogP contribution in [0.3, 0.4) is 0 Å². The van der Waals surface area contributed by atoms with E-state index in [0.29, 0.717) is 6.54 Å². The number of carbonyl (C=O) groups is 2. The Morgan fingerprint density at radius 1 is 0.935 bits per heavy atom. The number of aromatic nitrogens is 2. The Morgan fingerprint density at radius 3 is 2.39 bits per heavy atom. The molecule has 31 heavy (non-hydrogen) atoms. The second-order valence-electron chi connectivity index (χ2n) is 8.01. The van der Waals surface area contributed by atoms with Gasteiger partial charge in [0.1, 0.15) is 5.82 Å². The summed E-state index contributed by atoms with van der Waals surface area (Å²) in [5.41, 5.74) is 2.65. The van der Waals surface area contributed by atoms with E-state index in [2.05, 4.69) is 23.7 Å². The van der Waals surface area contributed by atoms with Crippen LogP contribution in [0.2, 0.25) is 0 Å². The van der Waals surface area contributed by atoms with Gasteiger partial charge in [-0.15, -0.1) is 0 Å². The van der Waals surface area contributed by atoms with E-state index in [4.69, 9.17) is 4.98 Å². The van der Waals surface area contributed by atoms with Crippen molar-refractivity contribution < 1.29 is 9.59 Å². The van der Waals surface area contributed by atoms with E-state index in [1.165, 1.54) is 0 Å². The van der Waals surface area contributed by atoms with E-state index in [-0.39, 0.29) is 17.6 Å². The molecule has 0 aliphatic rings. The molecule has 1 N–H and O–H groups in total. The maximum Gasteiger partial charge on any atom is 0.223 e. The molecule has 1 amide bonds. The first kappa shape index (κ1) is 22.7. The Hall–Kier alpha value is -2.95. The number of ketones is 1. The normalized spacial score (nSPS) is 11.2. The van der Waals surface area contributed by atoms with Gasteiger partial charge in [-0.3, -0.25) is 9.59 Å². The maximum absolute atomic E-state index is 12.8. The van der Waals surface area contributed by atoms with Crippen molar-refractivity contribution in [2.75, 3.05) is 6.54 Å². The Bertz CT molecular complexity index is 990. The Morgan fingerprint density at radius 2 is 1.65 bits per heavy atom. The average Bonchev–Trinajstić information content (AvgIpc) is 3.14. The summed E-state index contributed by atoms with van der Waals surface area (Å²) in [6, 6.07) is 17.4. The van der Waals surface area contributed by atoms with Gasteiger partial charge in [0.05, 0.1) is 17.6 Å². The van der Waals surface area contributed by atoms with E-state index in [1.54, 1.807) is 0 Å². The minimum atomic E-state index is 0.0918. The van der Waals surface area contributed by atoms with Crippen molar-refractivity contribution in [3.05, 3.63) is 66.0 Å². The minimum Gasteiger partial charge on any atom is -0.356 e. The van der Waals surface area contributed by atoms with Crippen LogP contribution in [0.15, 0.2) is 54.6 Å². The van der Waals surface area contributed by atoms with Crippen LogP contribution in [0.5, 0.6) is 0 Å². The Kier molecular flexibility index (Phi) is 8.39. The number of para-hydroxylation sites is 2. The monoisotopic (exact) mass is 419 g/mol. The van der Waals surface area contributed by atoms with Crippen LogP contribution >= 0.6 is 0 Å². The zero-order valence-corrected chi connectivity index (χ0v) is 18.6. The molecule has 2 aromatic carbocycles. The van der Waals surface area contributed by atoms with Crippen molar-refractivity contribution in [3.63, 3.8) is 0 Å². The molecule has 0 saturated carbocycles. The lowest BCUT2D eigenvalue weighted by Crippen LogP contribution is -2.30. The number of Topliss-reactive ketones (excluding diaryl/α,β-unsaturated/α-hetero) is 1. The number of hydrogen-bond donors (Lipinski definition) is 1. The molecule has 0 unspecified atom stereocenters. The predicted octanol–water partition coefficient (Wildman–Crippen LogP) is 5.18. The highest BCUT2D eigenvalue weighted by Gasteiger charge is 2.15. The van der Waals surface area contributed by atoms with Crippen LogP contribution in [0, 0.1) is 5.92 Å². The Labute approximate surface area is 184 Å². The standard InChI is InChI=1S/C26H33N3O2/c1-3-20(4-2)26(31)27-18-12-6-9-17-25-28-22-15-10-11-16-23(22)29(25)19-24(30)21-13-7-5-8-14-21/h5,7-8,10-11,13-16,20H,3-4,6,9,12,17-19H2,1-2H3,(H,27,31). The van der Waals surface area contributed by atoms with Gasteiger partial charge in [0.25, 0.3) is 0 Å². The second-order valence-corrected chi connectivity index (χ2v) is 8.01. The van der Waals surface area contributed by atoms with Crippen molar-refractivity contribution >= 4 is 22.7 Å². The van der Waals surface area contributed by atoms with Crippen LogP contribution in [0.25, 0.3) is 11.0 Å². The van der Waals surface area contributed by atoms with Gasteiger partial charge < -0.3 is 9.88 Å². The van der Waals surface area contributed by atoms with Crippen molar-refractivity contribution in [2.24, 2.45) is 5.92 Å². The van der Waals surface area contributed by atoms with Crippen molar-refractivity contribution in [2.45, 2.75) is 58.9 Å². The minimum absolute atomic E-state index is 0.0918. The molecule has 5 heteroatoms. The summed E-state index contributed by atoms with van der Waals surface area (Å²) < 4.78 is 2.06. The number of hydrogen-bond acceptors (Lipinski definition) is 3. The number of nitrogens with one attached hydrogen (secondary N) is 1. The lowest BCUT2D eigenvalue weighted by Gasteiger charge is -2.12. The van der Waals surface area contributed by atoms with Gasteiger partial charge in [0.15, 0.2) is 5.78 Å². The number of fused-ring (bicyclic) bond motifs is 1. The summed E-state index contributed by atoms with van der Waals surface area (Å²) in [6.45, 7) is 5.13. The largest absolute Gasteiger partial charge is 0.356 e. The quantitative estimate of drug-likeness (QED) is 0.325. The number of carbonyl (C=O) groups excluding carboxylic acids is 2. The number of imidazole rings is 1. The third kappa shape index (κ3) is 6.03. The lowest BCUT2D eigenvalue weighted by atomic mass is 10.0. The fourth-order valence-electron chi connectivity index (χ4n) is 3.95. The predicted molar refractivity (Wildman–Crippen MR) is 125 cm³/mol. The van der Waals surface area contributed by atoms with E-state index in [9.17, 15) is 9.59 Å². The molecule has 0 saturated heterocycles. The van der Waals surface area contributed by atoms with E-state index in [1.807, 2.05) is 54.6 Å². The second kappa shape index (κ2) is 11.4. The fourth-order valence-corrected chi connectivity index (χ4v) is 3.95. The SMILES string of the molecule is CCC(CC)C(=O)NCCCCCc1nc2ccccc2n1CC(=O)c1ccccc1. The number of aryl methyl sites for hydroxylation is 1. The van der Waals surface area contributed by atoms with Gasteiger partial charge >= 0.3 is 0 Å².